The van der Waals surface area contributed by atoms with Gasteiger partial charge in [0, 0.05) is 22.1 Å². The van der Waals surface area contributed by atoms with Crippen LogP contribution in [-0.2, 0) is 4.74 Å². The van der Waals surface area contributed by atoms with Gasteiger partial charge in [0.15, 0.2) is 0 Å². The molecule has 0 amide bonds. The van der Waals surface area contributed by atoms with Crippen LogP contribution >= 0.6 is 0 Å². The molecule has 0 aromatic rings. The lowest BCUT2D eigenvalue weighted by molar-refractivity contribution is -0.0221. The van der Waals surface area contributed by atoms with E-state index in [0.717, 1.165) is 13.2 Å². The van der Waals surface area contributed by atoms with Crippen LogP contribution in [0.1, 0.15) is 135 Å². The van der Waals surface area contributed by atoms with Crippen LogP contribution in [0.25, 0.3) is 0 Å². The first-order valence-electron chi connectivity index (χ1n) is 13.1. The lowest BCUT2D eigenvalue weighted by Crippen LogP contribution is -2.39. The topological polar surface area (TPSA) is 21.3 Å². The van der Waals surface area contributed by atoms with E-state index in [1.165, 1.54) is 145 Å². The van der Waals surface area contributed by atoms with Crippen LogP contribution in [0, 0.1) is 0 Å². The van der Waals surface area contributed by atoms with Gasteiger partial charge in [-0.3, -0.25) is 0 Å². The third kappa shape index (κ3) is 16.0. The molecule has 0 spiro atoms. The highest BCUT2D eigenvalue weighted by Crippen LogP contribution is 2.24. The van der Waals surface area contributed by atoms with Gasteiger partial charge in [-0.1, -0.05) is 103 Å². The van der Waals surface area contributed by atoms with Gasteiger partial charge in [-0.15, -0.1) is 0 Å². The molecular weight excluding hydrogens is 358 g/mol. The summed E-state index contributed by atoms with van der Waals surface area (Å²) in [6.45, 7) is 5.66. The second kappa shape index (κ2) is 19.1. The van der Waals surface area contributed by atoms with E-state index in [9.17, 15) is 0 Å². The molecule has 1 aliphatic heterocycles. The predicted molar refractivity (Wildman–Crippen MR) is 130 cm³/mol. The van der Waals surface area contributed by atoms with E-state index in [1.807, 2.05) is 0 Å². The van der Waals surface area contributed by atoms with Gasteiger partial charge in [0.1, 0.15) is 0 Å². The molecule has 1 rings (SSSR count). The quantitative estimate of drug-likeness (QED) is 0.183. The highest BCUT2D eigenvalue weighted by atomic mass is 28.1. The number of unbranched alkanes of at least 4 members (excludes halogenated alkanes) is 15. The monoisotopic (exact) mass is 411 g/mol. The Hall–Kier alpha value is 0.137. The summed E-state index contributed by atoms with van der Waals surface area (Å²) in [5, 5.41) is 3.94. The molecule has 1 unspecified atom stereocenters. The van der Waals surface area contributed by atoms with E-state index in [1.54, 1.807) is 0 Å². The number of hydrogen-bond acceptors (Lipinski definition) is 2. The van der Waals surface area contributed by atoms with E-state index in [-0.39, 0.29) is 0 Å². The molecule has 28 heavy (non-hydrogen) atoms. The highest BCUT2D eigenvalue weighted by molar-refractivity contribution is 6.14. The number of ether oxygens (including phenoxy) is 1. The summed E-state index contributed by atoms with van der Waals surface area (Å²) in [4.78, 5) is 0. The summed E-state index contributed by atoms with van der Waals surface area (Å²) in [6.07, 6.45) is 28.4. The van der Waals surface area contributed by atoms with Crippen molar-refractivity contribution in [2.75, 3.05) is 19.7 Å². The van der Waals surface area contributed by atoms with Crippen LogP contribution in [0.15, 0.2) is 0 Å². The van der Waals surface area contributed by atoms with E-state index >= 15 is 0 Å². The summed E-state index contributed by atoms with van der Waals surface area (Å²) in [7, 11) is 1.19. The maximum absolute atomic E-state index is 6.02. The Morgan fingerprint density at radius 3 is 1.64 bits per heavy atom. The zero-order valence-corrected chi connectivity index (χ0v) is 21.7. The standard InChI is InChI=1S/C25H53NOSi/c1-2-3-4-5-6-7-8-9-10-11-12-13-14-15-16-18-22-26-23-21-25(28)20-17-19-24-27-25/h26H,2-24H2,1,28H3. The summed E-state index contributed by atoms with van der Waals surface area (Å²) in [6, 6.07) is 0. The zero-order chi connectivity index (χ0) is 20.2. The average molecular weight is 412 g/mol. The zero-order valence-electron chi connectivity index (χ0n) is 19.7. The minimum absolute atomic E-state index is 0.292. The van der Waals surface area contributed by atoms with Crippen LogP contribution in [0.5, 0.6) is 0 Å². The van der Waals surface area contributed by atoms with Crippen molar-refractivity contribution in [3.63, 3.8) is 0 Å². The van der Waals surface area contributed by atoms with Crippen molar-refractivity contribution in [2.45, 2.75) is 141 Å². The molecule has 3 heteroatoms. The lowest BCUT2D eigenvalue weighted by atomic mass is 10.0. The predicted octanol–water partition coefficient (Wildman–Crippen LogP) is 6.49. The Morgan fingerprint density at radius 2 is 1.18 bits per heavy atom. The number of nitrogens with one attached hydrogen (secondary N) is 1. The molecule has 0 aromatic carbocycles. The SMILES string of the molecule is CCCCCCCCCCCCCCCCCCNCCC1([SiH3])CCCCO1. The van der Waals surface area contributed by atoms with E-state index in [0.29, 0.717) is 5.22 Å². The minimum Gasteiger partial charge on any atom is -0.379 e. The van der Waals surface area contributed by atoms with E-state index in [2.05, 4.69) is 12.2 Å². The van der Waals surface area contributed by atoms with Gasteiger partial charge in [0.2, 0.25) is 0 Å². The Kier molecular flexibility index (Phi) is 17.9. The normalized spacial score (nSPS) is 20.0. The molecule has 0 aromatic heterocycles. The molecule has 0 radical (unpaired) electrons. The van der Waals surface area contributed by atoms with Crippen molar-refractivity contribution < 1.29 is 4.74 Å². The van der Waals surface area contributed by atoms with E-state index in [4.69, 9.17) is 4.74 Å². The molecule has 168 valence electrons. The van der Waals surface area contributed by atoms with Gasteiger partial charge in [-0.05, 0) is 45.2 Å². The first-order valence-corrected chi connectivity index (χ1v) is 14.1. The fourth-order valence-electron chi connectivity index (χ4n) is 4.46. The molecule has 1 saturated heterocycles. The molecule has 1 N–H and O–H groups in total. The molecule has 1 atom stereocenters. The van der Waals surface area contributed by atoms with Crippen molar-refractivity contribution >= 4 is 10.2 Å². The molecule has 1 fully saturated rings. The largest absolute Gasteiger partial charge is 0.379 e. The summed E-state index contributed by atoms with van der Waals surface area (Å²) < 4.78 is 6.02. The van der Waals surface area contributed by atoms with Gasteiger partial charge >= 0.3 is 0 Å². The molecule has 0 saturated carbocycles. The van der Waals surface area contributed by atoms with Crippen LogP contribution < -0.4 is 5.32 Å². The van der Waals surface area contributed by atoms with Crippen LogP contribution in [0.4, 0.5) is 0 Å². The first kappa shape index (κ1) is 26.2. The summed E-state index contributed by atoms with van der Waals surface area (Å²) in [5.41, 5.74) is 0. The van der Waals surface area contributed by atoms with Gasteiger partial charge in [-0.25, -0.2) is 0 Å². The van der Waals surface area contributed by atoms with Gasteiger partial charge in [0.05, 0.1) is 0 Å². The molecule has 0 aliphatic carbocycles. The molecule has 1 heterocycles. The second-order valence-corrected chi connectivity index (χ2v) is 11.4. The maximum Gasteiger partial charge on any atom is 0.0498 e. The molecule has 0 bridgehead atoms. The first-order chi connectivity index (χ1) is 13.8. The Bertz CT molecular complexity index is 318. The van der Waals surface area contributed by atoms with Gasteiger partial charge in [0.25, 0.3) is 0 Å². The molecule has 1 aliphatic rings. The van der Waals surface area contributed by atoms with Gasteiger partial charge in [-0.2, -0.15) is 0 Å². The van der Waals surface area contributed by atoms with Crippen LogP contribution in [-0.4, -0.2) is 35.2 Å². The van der Waals surface area contributed by atoms with Crippen molar-refractivity contribution in [2.24, 2.45) is 0 Å². The van der Waals surface area contributed by atoms with Crippen molar-refractivity contribution in [3.05, 3.63) is 0 Å². The molecular formula is C25H53NOSi. The van der Waals surface area contributed by atoms with Crippen molar-refractivity contribution in [3.8, 4) is 0 Å². The second-order valence-electron chi connectivity index (χ2n) is 9.56. The Morgan fingerprint density at radius 1 is 0.679 bits per heavy atom. The molecule has 2 nitrogen and oxygen atoms in total. The third-order valence-electron chi connectivity index (χ3n) is 6.59. The van der Waals surface area contributed by atoms with Crippen molar-refractivity contribution in [1.29, 1.82) is 0 Å². The smallest absolute Gasteiger partial charge is 0.0498 e. The lowest BCUT2D eigenvalue weighted by Gasteiger charge is -2.34. The van der Waals surface area contributed by atoms with Crippen LogP contribution in [0.3, 0.4) is 0 Å². The Balaban J connectivity index is 1.69. The van der Waals surface area contributed by atoms with E-state index < -0.39 is 0 Å². The Labute approximate surface area is 180 Å². The summed E-state index contributed by atoms with van der Waals surface area (Å²) >= 11 is 0. The number of hydrogen-bond donors (Lipinski definition) is 1. The maximum atomic E-state index is 6.02. The fourth-order valence-corrected chi connectivity index (χ4v) is 5.27. The average Bonchev–Trinajstić information content (AvgIpc) is 2.70. The van der Waals surface area contributed by atoms with Gasteiger partial charge < -0.3 is 10.1 Å². The fraction of sp³-hybridized carbons (Fsp3) is 1.00. The van der Waals surface area contributed by atoms with Crippen LogP contribution in [0.2, 0.25) is 0 Å². The summed E-state index contributed by atoms with van der Waals surface area (Å²) in [5.74, 6) is 0. The highest BCUT2D eigenvalue weighted by Gasteiger charge is 2.26. The number of rotatable bonds is 20. The minimum atomic E-state index is 0.292. The van der Waals surface area contributed by atoms with Crippen molar-refractivity contribution in [1.82, 2.24) is 5.32 Å². The third-order valence-corrected chi connectivity index (χ3v) is 7.88.